The van der Waals surface area contributed by atoms with E-state index in [2.05, 4.69) is 10.6 Å². The Bertz CT molecular complexity index is 935. The van der Waals surface area contributed by atoms with Crippen molar-refractivity contribution in [2.75, 3.05) is 12.4 Å². The second-order valence-electron chi connectivity index (χ2n) is 5.28. The Balaban J connectivity index is 1.64. The minimum atomic E-state index is -0.670. The lowest BCUT2D eigenvalue weighted by Gasteiger charge is -2.06. The van der Waals surface area contributed by atoms with Gasteiger partial charge in [0.2, 0.25) is 0 Å². The van der Waals surface area contributed by atoms with E-state index < -0.39 is 11.9 Å². The summed E-state index contributed by atoms with van der Waals surface area (Å²) >= 11 is 6.11. The first-order valence-corrected chi connectivity index (χ1v) is 8.06. The van der Waals surface area contributed by atoms with E-state index in [0.717, 1.165) is 0 Å². The van der Waals surface area contributed by atoms with E-state index in [1.165, 1.54) is 6.07 Å². The Hall–Kier alpha value is -3.25. The number of methoxy groups -OCH3 is 1. The first-order chi connectivity index (χ1) is 12.6. The van der Waals surface area contributed by atoms with Gasteiger partial charge < -0.3 is 14.5 Å². The zero-order valence-corrected chi connectivity index (χ0v) is 14.5. The molecular formula is C19H15ClN2O4. The largest absolute Gasteiger partial charge is 0.497 e. The third-order valence-electron chi connectivity index (χ3n) is 3.54. The molecule has 0 saturated heterocycles. The maximum Gasteiger partial charge on any atom is 0.326 e. The van der Waals surface area contributed by atoms with Crippen molar-refractivity contribution >= 4 is 29.2 Å². The van der Waals surface area contributed by atoms with Crippen molar-refractivity contribution in [3.05, 3.63) is 71.4 Å². The first-order valence-electron chi connectivity index (χ1n) is 7.68. The Morgan fingerprint density at radius 1 is 1.00 bits per heavy atom. The molecule has 2 aromatic carbocycles. The van der Waals surface area contributed by atoms with Crippen LogP contribution in [-0.2, 0) is 0 Å². The molecule has 0 aliphatic carbocycles. The zero-order chi connectivity index (χ0) is 18.5. The van der Waals surface area contributed by atoms with Gasteiger partial charge in [-0.3, -0.25) is 10.1 Å². The maximum atomic E-state index is 12.2. The fourth-order valence-electron chi connectivity index (χ4n) is 2.27. The smallest absolute Gasteiger partial charge is 0.326 e. The van der Waals surface area contributed by atoms with E-state index in [9.17, 15) is 9.59 Å². The van der Waals surface area contributed by atoms with Crippen molar-refractivity contribution in [1.82, 2.24) is 5.32 Å². The summed E-state index contributed by atoms with van der Waals surface area (Å²) in [6, 6.07) is 16.2. The Kier molecular flexibility index (Phi) is 5.24. The molecule has 0 aliphatic rings. The van der Waals surface area contributed by atoms with Gasteiger partial charge in [0.25, 0.3) is 5.91 Å². The molecule has 0 bridgehead atoms. The van der Waals surface area contributed by atoms with E-state index >= 15 is 0 Å². The number of carbonyl (C=O) groups is 2. The topological polar surface area (TPSA) is 80.6 Å². The number of benzene rings is 2. The minimum Gasteiger partial charge on any atom is -0.497 e. The minimum absolute atomic E-state index is 0.00445. The number of ether oxygens (including phenoxy) is 1. The van der Waals surface area contributed by atoms with Crippen molar-refractivity contribution in [3.8, 4) is 17.1 Å². The van der Waals surface area contributed by atoms with Crippen molar-refractivity contribution in [1.29, 1.82) is 0 Å². The standard InChI is InChI=1S/C19H15ClN2O4/c1-25-13-8-6-12(7-9-13)21-19(24)22-18(23)17-11-10-16(26-17)14-4-2-3-5-15(14)20/h2-11H,1H3,(H2,21,22,23,24). The number of halogens is 1. The van der Waals surface area contributed by atoms with Gasteiger partial charge >= 0.3 is 6.03 Å². The average Bonchev–Trinajstić information content (AvgIpc) is 3.12. The summed E-state index contributed by atoms with van der Waals surface area (Å²) in [6.45, 7) is 0. The molecule has 3 aromatic rings. The van der Waals surface area contributed by atoms with E-state index in [1.54, 1.807) is 55.6 Å². The van der Waals surface area contributed by atoms with Crippen LogP contribution in [0.2, 0.25) is 5.02 Å². The number of rotatable bonds is 4. The van der Waals surface area contributed by atoms with E-state index in [0.29, 0.717) is 27.8 Å². The summed E-state index contributed by atoms with van der Waals surface area (Å²) < 4.78 is 10.5. The summed E-state index contributed by atoms with van der Waals surface area (Å²) in [4.78, 5) is 24.1. The fourth-order valence-corrected chi connectivity index (χ4v) is 2.50. The molecule has 2 N–H and O–H groups in total. The molecule has 0 saturated carbocycles. The van der Waals surface area contributed by atoms with E-state index in [1.807, 2.05) is 6.07 Å². The molecule has 1 heterocycles. The molecule has 0 unspecified atom stereocenters. The highest BCUT2D eigenvalue weighted by Crippen LogP contribution is 2.29. The SMILES string of the molecule is COc1ccc(NC(=O)NC(=O)c2ccc(-c3ccccc3Cl)o2)cc1. The molecule has 0 aliphatic heterocycles. The number of nitrogens with one attached hydrogen (secondary N) is 2. The summed E-state index contributed by atoms with van der Waals surface area (Å²) in [6.07, 6.45) is 0. The van der Waals surface area contributed by atoms with Crippen LogP contribution in [0.4, 0.5) is 10.5 Å². The number of anilines is 1. The van der Waals surface area contributed by atoms with Crippen LogP contribution in [-0.4, -0.2) is 19.0 Å². The Morgan fingerprint density at radius 3 is 2.42 bits per heavy atom. The number of amides is 3. The van der Waals surface area contributed by atoms with Crippen molar-refractivity contribution in [2.45, 2.75) is 0 Å². The average molecular weight is 371 g/mol. The monoisotopic (exact) mass is 370 g/mol. The van der Waals surface area contributed by atoms with Gasteiger partial charge in [-0.2, -0.15) is 0 Å². The highest BCUT2D eigenvalue weighted by molar-refractivity contribution is 6.33. The molecule has 0 spiro atoms. The van der Waals surface area contributed by atoms with Crippen molar-refractivity contribution < 1.29 is 18.7 Å². The van der Waals surface area contributed by atoms with Gasteiger partial charge in [0.1, 0.15) is 11.5 Å². The lowest BCUT2D eigenvalue weighted by molar-refractivity contribution is 0.0940. The number of hydrogen-bond donors (Lipinski definition) is 2. The number of urea groups is 1. The fraction of sp³-hybridized carbons (Fsp3) is 0.0526. The number of furan rings is 1. The molecule has 0 radical (unpaired) electrons. The highest BCUT2D eigenvalue weighted by Gasteiger charge is 2.16. The van der Waals surface area contributed by atoms with Gasteiger partial charge in [0.05, 0.1) is 12.1 Å². The van der Waals surface area contributed by atoms with E-state index in [4.69, 9.17) is 20.8 Å². The summed E-state index contributed by atoms with van der Waals surface area (Å²) in [5.41, 5.74) is 1.18. The van der Waals surface area contributed by atoms with Crippen LogP contribution >= 0.6 is 11.6 Å². The molecule has 0 atom stereocenters. The Morgan fingerprint density at radius 2 is 1.73 bits per heavy atom. The molecule has 0 fully saturated rings. The molecule has 3 amide bonds. The summed E-state index contributed by atoms with van der Waals surface area (Å²) in [5, 5.41) is 5.26. The van der Waals surface area contributed by atoms with Gasteiger partial charge in [-0.05, 0) is 48.5 Å². The number of carbonyl (C=O) groups excluding carboxylic acids is 2. The molecular weight excluding hydrogens is 356 g/mol. The normalized spacial score (nSPS) is 10.2. The predicted octanol–water partition coefficient (Wildman–Crippen LogP) is 4.57. The van der Waals surface area contributed by atoms with Crippen LogP contribution in [0.5, 0.6) is 5.75 Å². The molecule has 132 valence electrons. The zero-order valence-electron chi connectivity index (χ0n) is 13.8. The van der Waals surface area contributed by atoms with Crippen molar-refractivity contribution in [3.63, 3.8) is 0 Å². The number of hydrogen-bond acceptors (Lipinski definition) is 4. The van der Waals surface area contributed by atoms with Gasteiger partial charge in [-0.1, -0.05) is 23.7 Å². The van der Waals surface area contributed by atoms with Gasteiger partial charge in [-0.15, -0.1) is 0 Å². The molecule has 1 aromatic heterocycles. The van der Waals surface area contributed by atoms with Crippen LogP contribution in [0.15, 0.2) is 65.1 Å². The summed E-state index contributed by atoms with van der Waals surface area (Å²) in [5.74, 6) is 0.449. The molecule has 3 rings (SSSR count). The van der Waals surface area contributed by atoms with Crippen LogP contribution in [0.3, 0.4) is 0 Å². The summed E-state index contributed by atoms with van der Waals surface area (Å²) in [7, 11) is 1.55. The van der Waals surface area contributed by atoms with Gasteiger partial charge in [0.15, 0.2) is 5.76 Å². The molecule has 6 nitrogen and oxygen atoms in total. The highest BCUT2D eigenvalue weighted by atomic mass is 35.5. The first kappa shape index (κ1) is 17.6. The predicted molar refractivity (Wildman–Crippen MR) is 98.6 cm³/mol. The molecule has 26 heavy (non-hydrogen) atoms. The lowest BCUT2D eigenvalue weighted by Crippen LogP contribution is -2.34. The van der Waals surface area contributed by atoms with Gasteiger partial charge in [0, 0.05) is 11.3 Å². The number of imide groups is 1. The van der Waals surface area contributed by atoms with Crippen LogP contribution in [0, 0.1) is 0 Å². The van der Waals surface area contributed by atoms with Crippen LogP contribution < -0.4 is 15.4 Å². The lowest BCUT2D eigenvalue weighted by atomic mass is 10.2. The van der Waals surface area contributed by atoms with Crippen molar-refractivity contribution in [2.24, 2.45) is 0 Å². The third-order valence-corrected chi connectivity index (χ3v) is 3.87. The van der Waals surface area contributed by atoms with E-state index in [-0.39, 0.29) is 5.76 Å². The quantitative estimate of drug-likeness (QED) is 0.704. The van der Waals surface area contributed by atoms with Crippen LogP contribution in [0.25, 0.3) is 11.3 Å². The maximum absolute atomic E-state index is 12.2. The molecule has 7 heteroatoms. The second kappa shape index (κ2) is 7.76. The Labute approximate surface area is 154 Å². The third kappa shape index (κ3) is 4.04. The van der Waals surface area contributed by atoms with Crippen LogP contribution in [0.1, 0.15) is 10.6 Å². The second-order valence-corrected chi connectivity index (χ2v) is 5.69. The van der Waals surface area contributed by atoms with Gasteiger partial charge in [-0.25, -0.2) is 4.79 Å².